The summed E-state index contributed by atoms with van der Waals surface area (Å²) in [5.41, 5.74) is 6.52. The minimum Gasteiger partial charge on any atom is -0.380 e. The number of aromatic nitrogens is 3. The molecule has 0 saturated carbocycles. The molecule has 0 aliphatic carbocycles. The topological polar surface area (TPSA) is 42.2 Å². The zero-order valence-corrected chi connectivity index (χ0v) is 15.5. The molecule has 4 nitrogen and oxygen atoms in total. The molecule has 0 fully saturated rings. The van der Waals surface area contributed by atoms with Gasteiger partial charge >= 0.3 is 0 Å². The maximum absolute atomic E-state index is 5.90. The van der Waals surface area contributed by atoms with Gasteiger partial charge in [-0.3, -0.25) is 0 Å². The van der Waals surface area contributed by atoms with Crippen molar-refractivity contribution in [2.24, 2.45) is 0 Å². The van der Waals surface area contributed by atoms with E-state index in [9.17, 15) is 0 Å². The first-order valence-electron chi connectivity index (χ1n) is 7.99. The van der Waals surface area contributed by atoms with Gasteiger partial charge in [-0.25, -0.2) is 9.97 Å². The largest absolute Gasteiger partial charge is 0.380 e. The standard InChI is InChI=1S/C19H17ClN4S/c1-12-5-6-24-11-17(23-18(24)7-12)14-4-3-13(2)16(8-14)21-9-15-10-22-19(20)25-15/h3-8,10-11,21H,9H2,1-2H3. The molecule has 1 N–H and O–H groups in total. The first kappa shape index (κ1) is 16.1. The normalized spacial score (nSPS) is 11.2. The van der Waals surface area contributed by atoms with Crippen LogP contribution in [0.3, 0.4) is 0 Å². The van der Waals surface area contributed by atoms with Crippen molar-refractivity contribution >= 4 is 34.3 Å². The van der Waals surface area contributed by atoms with Gasteiger partial charge in [-0.05, 0) is 43.2 Å². The lowest BCUT2D eigenvalue weighted by molar-refractivity contribution is 1.16. The van der Waals surface area contributed by atoms with Gasteiger partial charge in [-0.1, -0.05) is 23.7 Å². The molecule has 0 aliphatic heterocycles. The highest BCUT2D eigenvalue weighted by atomic mass is 35.5. The third kappa shape index (κ3) is 3.38. The maximum Gasteiger partial charge on any atom is 0.183 e. The monoisotopic (exact) mass is 368 g/mol. The van der Waals surface area contributed by atoms with E-state index in [1.165, 1.54) is 22.5 Å². The van der Waals surface area contributed by atoms with Gasteiger partial charge in [-0.2, -0.15) is 0 Å². The number of fused-ring (bicyclic) bond motifs is 1. The molecule has 3 heterocycles. The number of anilines is 1. The van der Waals surface area contributed by atoms with Crippen molar-refractivity contribution in [2.45, 2.75) is 20.4 Å². The summed E-state index contributed by atoms with van der Waals surface area (Å²) in [5.74, 6) is 0. The predicted octanol–water partition coefficient (Wildman–Crippen LogP) is 5.34. The number of rotatable bonds is 4. The Morgan fingerprint density at radius 1 is 1.20 bits per heavy atom. The van der Waals surface area contributed by atoms with Crippen LogP contribution in [0.15, 0.2) is 48.9 Å². The fourth-order valence-corrected chi connectivity index (χ4v) is 3.66. The van der Waals surface area contributed by atoms with E-state index in [0.717, 1.165) is 27.5 Å². The van der Waals surface area contributed by atoms with Crippen LogP contribution in [0.25, 0.3) is 16.9 Å². The van der Waals surface area contributed by atoms with Crippen LogP contribution >= 0.6 is 22.9 Å². The molecule has 0 aliphatic rings. The Labute approximate surface area is 155 Å². The number of thiazole rings is 1. The van der Waals surface area contributed by atoms with Gasteiger partial charge in [0.1, 0.15) is 5.65 Å². The quantitative estimate of drug-likeness (QED) is 0.528. The maximum atomic E-state index is 5.90. The number of nitrogens with zero attached hydrogens (tertiary/aromatic N) is 3. The van der Waals surface area contributed by atoms with E-state index >= 15 is 0 Å². The molecule has 0 amide bonds. The van der Waals surface area contributed by atoms with Crippen LogP contribution in [0.5, 0.6) is 0 Å². The van der Waals surface area contributed by atoms with Gasteiger partial charge in [0.05, 0.1) is 12.2 Å². The Kier molecular flexibility index (Phi) is 4.19. The summed E-state index contributed by atoms with van der Waals surface area (Å²) >= 11 is 7.39. The number of aryl methyl sites for hydroxylation is 2. The lowest BCUT2D eigenvalue weighted by Crippen LogP contribution is -1.99. The highest BCUT2D eigenvalue weighted by Crippen LogP contribution is 2.26. The Hall–Kier alpha value is -2.37. The molecule has 126 valence electrons. The van der Waals surface area contributed by atoms with Crippen molar-refractivity contribution < 1.29 is 0 Å². The van der Waals surface area contributed by atoms with Crippen LogP contribution in [0.4, 0.5) is 5.69 Å². The fourth-order valence-electron chi connectivity index (χ4n) is 2.74. The molecular weight excluding hydrogens is 352 g/mol. The lowest BCUT2D eigenvalue weighted by atomic mass is 10.1. The smallest absolute Gasteiger partial charge is 0.183 e. The molecule has 0 spiro atoms. The molecular formula is C19H17ClN4S. The number of hydrogen-bond donors (Lipinski definition) is 1. The summed E-state index contributed by atoms with van der Waals surface area (Å²) in [6.45, 7) is 4.88. The Bertz CT molecular complexity index is 1050. The Morgan fingerprint density at radius 3 is 2.88 bits per heavy atom. The lowest BCUT2D eigenvalue weighted by Gasteiger charge is -2.10. The number of pyridine rings is 1. The summed E-state index contributed by atoms with van der Waals surface area (Å²) in [6, 6.07) is 10.5. The van der Waals surface area contributed by atoms with E-state index in [0.29, 0.717) is 11.0 Å². The first-order valence-corrected chi connectivity index (χ1v) is 9.18. The molecule has 0 saturated heterocycles. The third-order valence-corrected chi connectivity index (χ3v) is 5.24. The predicted molar refractivity (Wildman–Crippen MR) is 105 cm³/mol. The number of halogens is 1. The van der Waals surface area contributed by atoms with Gasteiger partial charge in [0.25, 0.3) is 0 Å². The Morgan fingerprint density at radius 2 is 2.08 bits per heavy atom. The van der Waals surface area contributed by atoms with Crippen LogP contribution in [0.1, 0.15) is 16.0 Å². The number of nitrogens with one attached hydrogen (secondary N) is 1. The minimum atomic E-state index is 0.572. The molecule has 1 aromatic carbocycles. The zero-order chi connectivity index (χ0) is 17.4. The summed E-state index contributed by atoms with van der Waals surface area (Å²) in [6.07, 6.45) is 5.91. The number of imidazole rings is 1. The van der Waals surface area contributed by atoms with Crippen molar-refractivity contribution in [2.75, 3.05) is 5.32 Å². The van der Waals surface area contributed by atoms with Crippen molar-refractivity contribution in [3.05, 3.63) is 69.4 Å². The average molecular weight is 369 g/mol. The van der Waals surface area contributed by atoms with E-state index in [4.69, 9.17) is 16.6 Å². The van der Waals surface area contributed by atoms with Crippen LogP contribution in [0, 0.1) is 13.8 Å². The molecule has 4 rings (SSSR count). The van der Waals surface area contributed by atoms with E-state index in [1.54, 1.807) is 0 Å². The average Bonchev–Trinajstić information content (AvgIpc) is 3.19. The second-order valence-corrected chi connectivity index (χ2v) is 7.76. The molecule has 6 heteroatoms. The van der Waals surface area contributed by atoms with Crippen molar-refractivity contribution in [3.8, 4) is 11.3 Å². The molecule has 25 heavy (non-hydrogen) atoms. The summed E-state index contributed by atoms with van der Waals surface area (Å²) in [5, 5.41) is 3.47. The van der Waals surface area contributed by atoms with Gasteiger partial charge in [0.2, 0.25) is 0 Å². The zero-order valence-electron chi connectivity index (χ0n) is 14.0. The molecule has 0 atom stereocenters. The van der Waals surface area contributed by atoms with Crippen molar-refractivity contribution in [1.82, 2.24) is 14.4 Å². The van der Waals surface area contributed by atoms with Crippen LogP contribution < -0.4 is 5.32 Å². The fraction of sp³-hybridized carbons (Fsp3) is 0.158. The highest BCUT2D eigenvalue weighted by Gasteiger charge is 2.08. The van der Waals surface area contributed by atoms with Gasteiger partial charge in [0, 0.05) is 34.7 Å². The summed E-state index contributed by atoms with van der Waals surface area (Å²) < 4.78 is 2.62. The molecule has 0 unspecified atom stereocenters. The van der Waals surface area contributed by atoms with E-state index in [1.807, 2.05) is 12.4 Å². The van der Waals surface area contributed by atoms with E-state index in [-0.39, 0.29) is 0 Å². The molecule has 3 aromatic heterocycles. The van der Waals surface area contributed by atoms with Crippen molar-refractivity contribution in [3.63, 3.8) is 0 Å². The number of benzene rings is 1. The van der Waals surface area contributed by atoms with Crippen molar-refractivity contribution in [1.29, 1.82) is 0 Å². The summed E-state index contributed by atoms with van der Waals surface area (Å²) in [4.78, 5) is 9.93. The van der Waals surface area contributed by atoms with Gasteiger partial charge < -0.3 is 9.72 Å². The summed E-state index contributed by atoms with van der Waals surface area (Å²) in [7, 11) is 0. The SMILES string of the molecule is Cc1ccn2cc(-c3ccc(C)c(NCc4cnc(Cl)s4)c3)nc2c1. The van der Waals surface area contributed by atoms with Crippen LogP contribution in [0.2, 0.25) is 4.47 Å². The van der Waals surface area contributed by atoms with Gasteiger partial charge in [0.15, 0.2) is 4.47 Å². The molecule has 0 bridgehead atoms. The highest BCUT2D eigenvalue weighted by molar-refractivity contribution is 7.15. The van der Waals surface area contributed by atoms with E-state index in [2.05, 4.69) is 65.1 Å². The van der Waals surface area contributed by atoms with E-state index < -0.39 is 0 Å². The second-order valence-electron chi connectivity index (χ2n) is 6.06. The molecule has 4 aromatic rings. The van der Waals surface area contributed by atoms with Crippen LogP contribution in [-0.2, 0) is 6.54 Å². The number of hydrogen-bond acceptors (Lipinski definition) is 4. The minimum absolute atomic E-state index is 0.572. The first-order chi connectivity index (χ1) is 12.1. The van der Waals surface area contributed by atoms with Gasteiger partial charge in [-0.15, -0.1) is 11.3 Å². The second kappa shape index (κ2) is 6.50. The third-order valence-electron chi connectivity index (χ3n) is 4.13. The van der Waals surface area contributed by atoms with Crippen LogP contribution in [-0.4, -0.2) is 14.4 Å². The Balaban J connectivity index is 1.63. The molecule has 0 radical (unpaired) electrons.